The molecular weight excluding hydrogens is 186 g/mol. The lowest BCUT2D eigenvalue weighted by Gasteiger charge is -2.01. The molecule has 0 aliphatic rings. The van der Waals surface area contributed by atoms with E-state index in [4.69, 9.17) is 5.11 Å². The van der Waals surface area contributed by atoms with Crippen LogP contribution >= 0.6 is 11.3 Å². The van der Waals surface area contributed by atoms with Gasteiger partial charge in [-0.2, -0.15) is 11.3 Å². The molecule has 1 aromatic rings. The van der Waals surface area contributed by atoms with E-state index in [9.17, 15) is 4.79 Å². The average Bonchev–Trinajstić information content (AvgIpc) is 2.45. The van der Waals surface area contributed by atoms with Crippen molar-refractivity contribution in [1.82, 2.24) is 5.32 Å². The fraction of sp³-hybridized carbons (Fsp3) is 0.444. The molecule has 0 saturated carbocycles. The van der Waals surface area contributed by atoms with Gasteiger partial charge in [0.25, 0.3) is 0 Å². The molecule has 0 atom stereocenters. The second kappa shape index (κ2) is 4.99. The predicted octanol–water partition coefficient (Wildman–Crippen LogP) is 1.62. The van der Waals surface area contributed by atoms with Crippen LogP contribution in [0.3, 0.4) is 0 Å². The molecule has 3 nitrogen and oxygen atoms in total. The van der Waals surface area contributed by atoms with Crippen LogP contribution in [0.15, 0.2) is 10.8 Å². The van der Waals surface area contributed by atoms with Crippen molar-refractivity contribution in [3.05, 3.63) is 21.9 Å². The summed E-state index contributed by atoms with van der Waals surface area (Å²) in [7, 11) is 0. The van der Waals surface area contributed by atoms with Crippen LogP contribution in [-0.4, -0.2) is 17.6 Å². The molecular formula is C9H13NO2S. The van der Waals surface area contributed by atoms with Crippen molar-refractivity contribution < 1.29 is 9.90 Å². The quantitative estimate of drug-likeness (QED) is 0.708. The number of nitrogens with one attached hydrogen (secondary N) is 1. The molecule has 2 N–H and O–H groups in total. The Kier molecular flexibility index (Phi) is 3.92. The van der Waals surface area contributed by atoms with Crippen LogP contribution in [0.25, 0.3) is 0 Å². The highest BCUT2D eigenvalue weighted by molar-refractivity contribution is 7.08. The Balaban J connectivity index is 2.20. The zero-order chi connectivity index (χ0) is 9.68. The van der Waals surface area contributed by atoms with E-state index >= 15 is 0 Å². The van der Waals surface area contributed by atoms with E-state index in [0.717, 1.165) is 6.54 Å². The van der Waals surface area contributed by atoms with Gasteiger partial charge >= 0.3 is 5.97 Å². The Morgan fingerprint density at radius 3 is 2.92 bits per heavy atom. The van der Waals surface area contributed by atoms with Gasteiger partial charge in [0.15, 0.2) is 0 Å². The number of rotatable bonds is 5. The summed E-state index contributed by atoms with van der Waals surface area (Å²) >= 11 is 1.67. The van der Waals surface area contributed by atoms with Gasteiger partial charge in [-0.05, 0) is 28.8 Å². The molecule has 0 bridgehead atoms. The highest BCUT2D eigenvalue weighted by Crippen LogP contribution is 2.12. The van der Waals surface area contributed by atoms with Crippen molar-refractivity contribution in [2.75, 3.05) is 6.54 Å². The lowest BCUT2D eigenvalue weighted by atomic mass is 10.2. The molecule has 0 aromatic carbocycles. The number of carboxylic acid groups (broad SMARTS) is 1. The minimum absolute atomic E-state index is 0.184. The smallest absolute Gasteiger partial charge is 0.304 e. The van der Waals surface area contributed by atoms with Gasteiger partial charge in [0.1, 0.15) is 0 Å². The molecule has 72 valence electrons. The van der Waals surface area contributed by atoms with E-state index in [2.05, 4.69) is 23.0 Å². The number of carboxylic acids is 1. The molecule has 0 aliphatic heterocycles. The molecule has 0 saturated heterocycles. The van der Waals surface area contributed by atoms with Gasteiger partial charge in [-0.15, -0.1) is 0 Å². The fourth-order valence-corrected chi connectivity index (χ4v) is 1.84. The van der Waals surface area contributed by atoms with Crippen molar-refractivity contribution in [3.8, 4) is 0 Å². The molecule has 0 unspecified atom stereocenters. The fourth-order valence-electron chi connectivity index (χ4n) is 0.986. The molecule has 0 radical (unpaired) electrons. The largest absolute Gasteiger partial charge is 0.481 e. The SMILES string of the molecule is Cc1cscc1CNCCC(=O)O. The predicted molar refractivity (Wildman–Crippen MR) is 53.0 cm³/mol. The van der Waals surface area contributed by atoms with Crippen LogP contribution in [0, 0.1) is 6.92 Å². The average molecular weight is 199 g/mol. The number of aryl methyl sites for hydroxylation is 1. The molecule has 13 heavy (non-hydrogen) atoms. The summed E-state index contributed by atoms with van der Waals surface area (Å²) in [6.07, 6.45) is 0.184. The van der Waals surface area contributed by atoms with Crippen LogP contribution in [0.1, 0.15) is 17.5 Å². The minimum Gasteiger partial charge on any atom is -0.481 e. The first kappa shape index (κ1) is 10.2. The first-order chi connectivity index (χ1) is 6.20. The van der Waals surface area contributed by atoms with Crippen molar-refractivity contribution in [1.29, 1.82) is 0 Å². The zero-order valence-electron chi connectivity index (χ0n) is 7.54. The van der Waals surface area contributed by atoms with Gasteiger partial charge in [-0.1, -0.05) is 0 Å². The highest BCUT2D eigenvalue weighted by Gasteiger charge is 1.99. The van der Waals surface area contributed by atoms with Gasteiger partial charge in [0.05, 0.1) is 6.42 Å². The molecule has 4 heteroatoms. The number of carbonyl (C=O) groups is 1. The second-order valence-electron chi connectivity index (χ2n) is 2.90. The topological polar surface area (TPSA) is 49.3 Å². The van der Waals surface area contributed by atoms with Gasteiger partial charge < -0.3 is 10.4 Å². The first-order valence-corrected chi connectivity index (χ1v) is 5.08. The van der Waals surface area contributed by atoms with E-state index in [1.807, 2.05) is 0 Å². The van der Waals surface area contributed by atoms with Crippen LogP contribution in [-0.2, 0) is 11.3 Å². The number of hydrogen-bond donors (Lipinski definition) is 2. The molecule has 1 aromatic heterocycles. The molecule has 1 heterocycles. The summed E-state index contributed by atoms with van der Waals surface area (Å²) in [6.45, 7) is 3.36. The van der Waals surface area contributed by atoms with Crippen molar-refractivity contribution in [3.63, 3.8) is 0 Å². The van der Waals surface area contributed by atoms with Crippen molar-refractivity contribution >= 4 is 17.3 Å². The summed E-state index contributed by atoms with van der Waals surface area (Å²) in [5, 5.41) is 15.7. The maximum absolute atomic E-state index is 10.2. The maximum atomic E-state index is 10.2. The minimum atomic E-state index is -0.755. The Morgan fingerprint density at radius 2 is 2.38 bits per heavy atom. The summed E-state index contributed by atoms with van der Waals surface area (Å²) in [5.41, 5.74) is 2.53. The molecule has 0 spiro atoms. The third-order valence-corrected chi connectivity index (χ3v) is 2.70. The van der Waals surface area contributed by atoms with Crippen molar-refractivity contribution in [2.45, 2.75) is 19.9 Å². The van der Waals surface area contributed by atoms with E-state index < -0.39 is 5.97 Å². The maximum Gasteiger partial charge on any atom is 0.304 e. The standard InChI is InChI=1S/C9H13NO2S/c1-7-5-13-6-8(7)4-10-3-2-9(11)12/h5-6,10H,2-4H2,1H3,(H,11,12). The Morgan fingerprint density at radius 1 is 1.62 bits per heavy atom. The normalized spacial score (nSPS) is 10.2. The van der Waals surface area contributed by atoms with Crippen LogP contribution in [0.4, 0.5) is 0 Å². The second-order valence-corrected chi connectivity index (χ2v) is 3.64. The van der Waals surface area contributed by atoms with E-state index in [-0.39, 0.29) is 6.42 Å². The number of aliphatic carboxylic acids is 1. The highest BCUT2D eigenvalue weighted by atomic mass is 32.1. The number of thiophene rings is 1. The lowest BCUT2D eigenvalue weighted by molar-refractivity contribution is -0.136. The van der Waals surface area contributed by atoms with E-state index in [1.54, 1.807) is 11.3 Å². The zero-order valence-corrected chi connectivity index (χ0v) is 8.36. The summed E-state index contributed by atoms with van der Waals surface area (Å²) in [6, 6.07) is 0. The number of hydrogen-bond acceptors (Lipinski definition) is 3. The summed E-state index contributed by atoms with van der Waals surface area (Å²) < 4.78 is 0. The van der Waals surface area contributed by atoms with Gasteiger partial charge in [0, 0.05) is 13.1 Å². The molecule has 0 fully saturated rings. The monoisotopic (exact) mass is 199 g/mol. The van der Waals surface area contributed by atoms with Crippen LogP contribution in [0.5, 0.6) is 0 Å². The third kappa shape index (κ3) is 3.57. The van der Waals surface area contributed by atoms with Gasteiger partial charge in [-0.25, -0.2) is 0 Å². The Bertz CT molecular complexity index is 283. The summed E-state index contributed by atoms with van der Waals surface area (Å²) in [5.74, 6) is -0.755. The van der Waals surface area contributed by atoms with Gasteiger partial charge in [-0.3, -0.25) is 4.79 Å². The van der Waals surface area contributed by atoms with Gasteiger partial charge in [0.2, 0.25) is 0 Å². The van der Waals surface area contributed by atoms with E-state index in [1.165, 1.54) is 11.1 Å². The molecule has 0 amide bonds. The third-order valence-electron chi connectivity index (χ3n) is 1.79. The molecule has 1 rings (SSSR count). The lowest BCUT2D eigenvalue weighted by Crippen LogP contribution is -2.17. The van der Waals surface area contributed by atoms with Crippen LogP contribution < -0.4 is 5.32 Å². The Labute approximate surface area is 81.4 Å². The summed E-state index contributed by atoms with van der Waals surface area (Å²) in [4.78, 5) is 10.2. The van der Waals surface area contributed by atoms with Crippen LogP contribution in [0.2, 0.25) is 0 Å². The van der Waals surface area contributed by atoms with Crippen molar-refractivity contribution in [2.24, 2.45) is 0 Å². The van der Waals surface area contributed by atoms with E-state index in [0.29, 0.717) is 6.54 Å². The molecule has 0 aliphatic carbocycles. The first-order valence-electron chi connectivity index (χ1n) is 4.14. The Hall–Kier alpha value is -0.870.